The Morgan fingerprint density at radius 1 is 1.00 bits per heavy atom. The maximum Gasteiger partial charge on any atom is 0.408 e. The number of benzene rings is 1. The van der Waals surface area contributed by atoms with E-state index in [1.165, 1.54) is 12.1 Å². The average molecular weight is 480 g/mol. The lowest BCUT2D eigenvalue weighted by molar-refractivity contribution is -0.147. The Kier molecular flexibility index (Phi) is 11.3. The first-order valence-corrected chi connectivity index (χ1v) is 11.3. The van der Waals surface area contributed by atoms with Gasteiger partial charge in [0.05, 0.1) is 13.2 Å². The largest absolute Gasteiger partial charge is 0.508 e. The van der Waals surface area contributed by atoms with Gasteiger partial charge in [-0.3, -0.25) is 9.59 Å². The summed E-state index contributed by atoms with van der Waals surface area (Å²) in [7, 11) is 0. The highest BCUT2D eigenvalue weighted by Gasteiger charge is 2.27. The molecule has 0 radical (unpaired) electrons. The lowest BCUT2D eigenvalue weighted by Crippen LogP contribution is -2.52. The normalized spacial score (nSPS) is 12.9. The van der Waals surface area contributed by atoms with Crippen LogP contribution in [0.15, 0.2) is 24.3 Å². The van der Waals surface area contributed by atoms with E-state index < -0.39 is 48.1 Å². The van der Waals surface area contributed by atoms with Crippen molar-refractivity contribution in [1.29, 1.82) is 0 Å². The van der Waals surface area contributed by atoms with Gasteiger partial charge in [-0.2, -0.15) is 0 Å². The van der Waals surface area contributed by atoms with Crippen LogP contribution in [-0.4, -0.2) is 59.8 Å². The second-order valence-corrected chi connectivity index (χ2v) is 9.29. The van der Waals surface area contributed by atoms with Crippen LogP contribution in [0, 0.1) is 5.92 Å². The van der Waals surface area contributed by atoms with Crippen LogP contribution in [0.3, 0.4) is 0 Å². The summed E-state index contributed by atoms with van der Waals surface area (Å²) < 4.78 is 10.3. The molecule has 0 aliphatic heterocycles. The molecule has 0 bridgehead atoms. The van der Waals surface area contributed by atoms with E-state index in [4.69, 9.17) is 9.47 Å². The average Bonchev–Trinajstić information content (AvgIpc) is 2.71. The molecule has 3 amide bonds. The smallest absolute Gasteiger partial charge is 0.408 e. The first-order chi connectivity index (χ1) is 15.8. The topological polar surface area (TPSA) is 143 Å². The predicted molar refractivity (Wildman–Crippen MR) is 126 cm³/mol. The maximum atomic E-state index is 12.7. The summed E-state index contributed by atoms with van der Waals surface area (Å²) >= 11 is 0. The van der Waals surface area contributed by atoms with Crippen molar-refractivity contribution >= 4 is 23.9 Å². The SMILES string of the molecule is CCOC(=O)[C@@H](Cc1ccc(O)cc1)NC(=O)CNC(=O)[C@H](CC(C)C)NC(=O)OC(C)(C)C. The number of alkyl carbamates (subject to hydrolysis) is 1. The number of esters is 1. The van der Waals surface area contributed by atoms with Gasteiger partial charge in [0.1, 0.15) is 23.4 Å². The number of nitrogens with one attached hydrogen (secondary N) is 3. The molecule has 1 rings (SSSR count). The summed E-state index contributed by atoms with van der Waals surface area (Å²) in [5.41, 5.74) is -0.0126. The van der Waals surface area contributed by atoms with Crippen LogP contribution in [0.2, 0.25) is 0 Å². The number of phenolic OH excluding ortho intramolecular Hbond substituents is 1. The first-order valence-electron chi connectivity index (χ1n) is 11.3. The summed E-state index contributed by atoms with van der Waals surface area (Å²) in [6.45, 7) is 10.4. The molecule has 10 heteroatoms. The number of ether oxygens (including phenoxy) is 2. The molecule has 0 unspecified atom stereocenters. The number of rotatable bonds is 11. The van der Waals surface area contributed by atoms with Crippen molar-refractivity contribution in [3.8, 4) is 5.75 Å². The first kappa shape index (κ1) is 28.7. The van der Waals surface area contributed by atoms with Crippen LogP contribution in [0.5, 0.6) is 5.75 Å². The van der Waals surface area contributed by atoms with Gasteiger partial charge in [0.15, 0.2) is 0 Å². The third-order valence-electron chi connectivity index (χ3n) is 4.42. The van der Waals surface area contributed by atoms with Gasteiger partial charge in [-0.05, 0) is 57.7 Å². The zero-order chi connectivity index (χ0) is 25.9. The molecule has 0 aliphatic carbocycles. The van der Waals surface area contributed by atoms with Gasteiger partial charge in [-0.1, -0.05) is 26.0 Å². The Hall–Kier alpha value is -3.30. The standard InChI is InChI=1S/C24H37N3O7/c1-7-33-22(31)19(13-16-8-10-17(28)11-9-16)26-20(29)14-25-21(30)18(12-15(2)3)27-23(32)34-24(4,5)6/h8-11,15,18-19,28H,7,12-14H2,1-6H3,(H,25,30)(H,26,29)(H,27,32)/t18-,19+/m0/s1. The lowest BCUT2D eigenvalue weighted by Gasteiger charge is -2.24. The molecule has 0 saturated heterocycles. The van der Waals surface area contributed by atoms with Gasteiger partial charge in [-0.25, -0.2) is 9.59 Å². The van der Waals surface area contributed by atoms with Crippen LogP contribution in [0.25, 0.3) is 0 Å². The summed E-state index contributed by atoms with van der Waals surface area (Å²) in [5.74, 6) is -1.57. The number of aromatic hydroxyl groups is 1. The highest BCUT2D eigenvalue weighted by Crippen LogP contribution is 2.12. The molecule has 4 N–H and O–H groups in total. The van der Waals surface area contributed by atoms with E-state index in [9.17, 15) is 24.3 Å². The quantitative estimate of drug-likeness (QED) is 0.356. The molecule has 10 nitrogen and oxygen atoms in total. The van der Waals surface area contributed by atoms with Crippen LogP contribution >= 0.6 is 0 Å². The molecule has 0 aliphatic rings. The molecule has 0 fully saturated rings. The minimum atomic E-state index is -0.972. The monoisotopic (exact) mass is 479 g/mol. The van der Waals surface area contributed by atoms with Crippen molar-refractivity contribution in [2.75, 3.05) is 13.2 Å². The summed E-state index contributed by atoms with van der Waals surface area (Å²) in [4.78, 5) is 49.6. The Bertz CT molecular complexity index is 832. The fourth-order valence-corrected chi connectivity index (χ4v) is 2.99. The van der Waals surface area contributed by atoms with Crippen LogP contribution in [0.1, 0.15) is 53.5 Å². The summed E-state index contributed by atoms with van der Waals surface area (Å²) in [5, 5.41) is 17.0. The molecule has 190 valence electrons. The lowest BCUT2D eigenvalue weighted by atomic mass is 10.0. The van der Waals surface area contributed by atoms with E-state index >= 15 is 0 Å². The zero-order valence-electron chi connectivity index (χ0n) is 20.8. The molecule has 0 saturated carbocycles. The zero-order valence-corrected chi connectivity index (χ0v) is 20.8. The highest BCUT2D eigenvalue weighted by molar-refractivity contribution is 5.91. The molecular weight excluding hydrogens is 442 g/mol. The van der Waals surface area contributed by atoms with Gasteiger partial charge in [0, 0.05) is 6.42 Å². The third kappa shape index (κ3) is 11.5. The number of hydrogen-bond acceptors (Lipinski definition) is 7. The predicted octanol–water partition coefficient (Wildman–Crippen LogP) is 2.04. The van der Waals surface area contributed by atoms with Gasteiger partial charge in [-0.15, -0.1) is 0 Å². The van der Waals surface area contributed by atoms with E-state index in [-0.39, 0.29) is 24.7 Å². The minimum absolute atomic E-state index is 0.0825. The summed E-state index contributed by atoms with van der Waals surface area (Å²) in [6.07, 6.45) is -0.234. The van der Waals surface area contributed by atoms with Crippen LogP contribution in [-0.2, 0) is 30.3 Å². The Labute approximate surface area is 200 Å². The molecular formula is C24H37N3O7. The molecule has 0 heterocycles. The van der Waals surface area contributed by atoms with Crippen molar-refractivity contribution in [2.45, 2.75) is 72.1 Å². The van der Waals surface area contributed by atoms with Crippen molar-refractivity contribution in [3.63, 3.8) is 0 Å². The minimum Gasteiger partial charge on any atom is -0.508 e. The van der Waals surface area contributed by atoms with Crippen LogP contribution < -0.4 is 16.0 Å². The fraction of sp³-hybridized carbons (Fsp3) is 0.583. The third-order valence-corrected chi connectivity index (χ3v) is 4.42. The van der Waals surface area contributed by atoms with Gasteiger partial charge in [0.25, 0.3) is 0 Å². The maximum absolute atomic E-state index is 12.7. The van der Waals surface area contributed by atoms with Gasteiger partial charge in [0.2, 0.25) is 11.8 Å². The second kappa shape index (κ2) is 13.4. The Morgan fingerprint density at radius 3 is 2.15 bits per heavy atom. The molecule has 1 aromatic carbocycles. The van der Waals surface area contributed by atoms with E-state index in [1.807, 2.05) is 13.8 Å². The van der Waals surface area contributed by atoms with Crippen molar-refractivity contribution < 1.29 is 33.8 Å². The molecule has 0 spiro atoms. The van der Waals surface area contributed by atoms with E-state index in [0.717, 1.165) is 0 Å². The Balaban J connectivity index is 2.75. The molecule has 2 atom stereocenters. The highest BCUT2D eigenvalue weighted by atomic mass is 16.6. The number of carbonyl (C=O) groups is 4. The second-order valence-electron chi connectivity index (χ2n) is 9.29. The van der Waals surface area contributed by atoms with E-state index in [1.54, 1.807) is 39.8 Å². The van der Waals surface area contributed by atoms with Gasteiger partial charge >= 0.3 is 12.1 Å². The molecule has 0 aromatic heterocycles. The molecule has 34 heavy (non-hydrogen) atoms. The van der Waals surface area contributed by atoms with Crippen molar-refractivity contribution in [3.05, 3.63) is 29.8 Å². The van der Waals surface area contributed by atoms with Crippen LogP contribution in [0.4, 0.5) is 4.79 Å². The summed E-state index contributed by atoms with van der Waals surface area (Å²) in [6, 6.07) is 4.36. The Morgan fingerprint density at radius 2 is 1.62 bits per heavy atom. The fourth-order valence-electron chi connectivity index (χ4n) is 2.99. The number of phenols is 1. The molecule has 1 aromatic rings. The van der Waals surface area contributed by atoms with E-state index in [2.05, 4.69) is 16.0 Å². The van der Waals surface area contributed by atoms with E-state index in [0.29, 0.717) is 12.0 Å². The number of amides is 3. The van der Waals surface area contributed by atoms with Crippen molar-refractivity contribution in [2.24, 2.45) is 5.92 Å². The number of carbonyl (C=O) groups excluding carboxylic acids is 4. The van der Waals surface area contributed by atoms with Gasteiger partial charge < -0.3 is 30.5 Å². The van der Waals surface area contributed by atoms with Crippen molar-refractivity contribution in [1.82, 2.24) is 16.0 Å². The number of hydrogen-bond donors (Lipinski definition) is 4.